The van der Waals surface area contributed by atoms with E-state index in [4.69, 9.17) is 9.73 Å². The van der Waals surface area contributed by atoms with Gasteiger partial charge in [-0.3, -0.25) is 0 Å². The average molecular weight is 208 g/mol. The van der Waals surface area contributed by atoms with Crippen LogP contribution in [0.5, 0.6) is 0 Å². The maximum absolute atomic E-state index is 5.77. The van der Waals surface area contributed by atoms with Gasteiger partial charge in [0.1, 0.15) is 6.61 Å². The number of rotatable bonds is 2. The van der Waals surface area contributed by atoms with Crippen LogP contribution in [0.4, 0.5) is 0 Å². The van der Waals surface area contributed by atoms with Gasteiger partial charge >= 0.3 is 0 Å². The van der Waals surface area contributed by atoms with Gasteiger partial charge in [-0.25, -0.2) is 4.99 Å². The highest BCUT2D eigenvalue weighted by molar-refractivity contribution is 5.80. The van der Waals surface area contributed by atoms with Crippen LogP contribution in [0, 0.1) is 11.8 Å². The molecule has 2 atom stereocenters. The van der Waals surface area contributed by atoms with Gasteiger partial charge in [0.05, 0.1) is 6.04 Å². The van der Waals surface area contributed by atoms with E-state index in [0.717, 1.165) is 31.5 Å². The Morgan fingerprint density at radius 2 is 2.07 bits per heavy atom. The summed E-state index contributed by atoms with van der Waals surface area (Å²) in [5.41, 5.74) is 0. The van der Waals surface area contributed by atoms with Gasteiger partial charge in [-0.05, 0) is 31.7 Å². The summed E-state index contributed by atoms with van der Waals surface area (Å²) in [4.78, 5) is 4.81. The maximum atomic E-state index is 5.77. The molecule has 1 saturated carbocycles. The number of nitrogens with zero attached hydrogens (tertiary/aromatic N) is 1. The van der Waals surface area contributed by atoms with Crippen molar-refractivity contribution in [3.05, 3.63) is 0 Å². The Labute approximate surface area is 91.3 Å². The summed E-state index contributed by atoms with van der Waals surface area (Å²) in [6, 6.07) is 0.489. The predicted molar refractivity (Wildman–Crippen MR) is 60.1 cm³/mol. The molecule has 2 aliphatic heterocycles. The van der Waals surface area contributed by atoms with E-state index in [1.807, 2.05) is 0 Å². The van der Waals surface area contributed by atoms with Gasteiger partial charge in [-0.1, -0.05) is 12.8 Å². The Kier molecular flexibility index (Phi) is 2.65. The Bertz CT molecular complexity index is 252. The van der Waals surface area contributed by atoms with Crippen LogP contribution >= 0.6 is 0 Å². The van der Waals surface area contributed by atoms with Crippen LogP contribution in [0.3, 0.4) is 0 Å². The second kappa shape index (κ2) is 4.12. The Morgan fingerprint density at radius 1 is 1.20 bits per heavy atom. The summed E-state index contributed by atoms with van der Waals surface area (Å²) in [5.74, 6) is 2.44. The minimum atomic E-state index is 0.489. The zero-order valence-corrected chi connectivity index (χ0v) is 9.24. The van der Waals surface area contributed by atoms with E-state index >= 15 is 0 Å². The summed E-state index contributed by atoms with van der Waals surface area (Å²) in [7, 11) is 0. The van der Waals surface area contributed by atoms with Gasteiger partial charge in [0.2, 0.25) is 0 Å². The summed E-state index contributed by atoms with van der Waals surface area (Å²) >= 11 is 0. The number of hydrogen-bond donors (Lipinski definition) is 1. The lowest BCUT2D eigenvalue weighted by atomic mass is 10.00. The smallest absolute Gasteiger partial charge is 0.188 e. The van der Waals surface area contributed by atoms with Gasteiger partial charge < -0.3 is 10.1 Å². The first-order valence-corrected chi connectivity index (χ1v) is 6.34. The molecule has 2 fully saturated rings. The van der Waals surface area contributed by atoms with E-state index in [1.54, 1.807) is 0 Å². The van der Waals surface area contributed by atoms with E-state index in [0.29, 0.717) is 12.0 Å². The van der Waals surface area contributed by atoms with Gasteiger partial charge in [0.25, 0.3) is 0 Å². The minimum Gasteiger partial charge on any atom is -0.478 e. The van der Waals surface area contributed by atoms with E-state index < -0.39 is 0 Å². The van der Waals surface area contributed by atoms with Crippen LogP contribution in [0.25, 0.3) is 0 Å². The quantitative estimate of drug-likeness (QED) is 0.747. The molecule has 3 nitrogen and oxygen atoms in total. The van der Waals surface area contributed by atoms with E-state index in [2.05, 4.69) is 5.32 Å². The van der Waals surface area contributed by atoms with Crippen molar-refractivity contribution in [1.29, 1.82) is 0 Å². The lowest BCUT2D eigenvalue weighted by Gasteiger charge is -2.11. The van der Waals surface area contributed by atoms with Crippen LogP contribution in [-0.4, -0.2) is 31.6 Å². The molecule has 0 aromatic carbocycles. The van der Waals surface area contributed by atoms with Crippen molar-refractivity contribution < 1.29 is 4.74 Å². The molecule has 0 bridgehead atoms. The molecular weight excluding hydrogens is 188 g/mol. The highest BCUT2D eigenvalue weighted by atomic mass is 16.5. The SMILES string of the molecule is C1CCC(C2COC(C3CCNC3)=N2)C1. The van der Waals surface area contributed by atoms with Crippen LogP contribution in [0.1, 0.15) is 32.1 Å². The minimum absolute atomic E-state index is 0.489. The van der Waals surface area contributed by atoms with Gasteiger partial charge in [-0.2, -0.15) is 0 Å². The number of ether oxygens (including phenoxy) is 1. The Hall–Kier alpha value is -0.570. The Balaban J connectivity index is 1.63. The summed E-state index contributed by atoms with van der Waals surface area (Å²) < 4.78 is 5.77. The Morgan fingerprint density at radius 3 is 2.80 bits per heavy atom. The third-order valence-corrected chi connectivity index (χ3v) is 4.05. The number of aliphatic imine (C=N–C) groups is 1. The first-order valence-electron chi connectivity index (χ1n) is 6.34. The molecule has 84 valence electrons. The average Bonchev–Trinajstić information content (AvgIpc) is 3.02. The molecule has 3 heteroatoms. The fourth-order valence-corrected chi connectivity index (χ4v) is 3.08. The lowest BCUT2D eigenvalue weighted by Crippen LogP contribution is -2.17. The fourth-order valence-electron chi connectivity index (χ4n) is 3.08. The number of hydrogen-bond acceptors (Lipinski definition) is 3. The highest BCUT2D eigenvalue weighted by Crippen LogP contribution is 2.32. The first kappa shape index (κ1) is 9.64. The summed E-state index contributed by atoms with van der Waals surface area (Å²) in [6.07, 6.45) is 6.74. The zero-order chi connectivity index (χ0) is 10.1. The molecule has 3 rings (SSSR count). The molecule has 0 spiro atoms. The third kappa shape index (κ3) is 1.89. The molecule has 15 heavy (non-hydrogen) atoms. The van der Waals surface area contributed by atoms with E-state index in [1.165, 1.54) is 32.1 Å². The van der Waals surface area contributed by atoms with Gasteiger partial charge in [0, 0.05) is 12.5 Å². The molecule has 0 aromatic heterocycles. The summed E-state index contributed by atoms with van der Waals surface area (Å²) in [6.45, 7) is 3.05. The van der Waals surface area contributed by atoms with Crippen molar-refractivity contribution in [1.82, 2.24) is 5.32 Å². The van der Waals surface area contributed by atoms with Crippen molar-refractivity contribution in [2.24, 2.45) is 16.8 Å². The van der Waals surface area contributed by atoms with Crippen LogP contribution in [0.2, 0.25) is 0 Å². The van der Waals surface area contributed by atoms with E-state index in [9.17, 15) is 0 Å². The van der Waals surface area contributed by atoms with Crippen LogP contribution in [0.15, 0.2) is 4.99 Å². The molecule has 1 saturated heterocycles. The second-order valence-electron chi connectivity index (χ2n) is 5.08. The molecule has 1 aliphatic carbocycles. The molecule has 0 aromatic rings. The fraction of sp³-hybridized carbons (Fsp3) is 0.917. The molecule has 0 radical (unpaired) electrons. The molecule has 0 amide bonds. The highest BCUT2D eigenvalue weighted by Gasteiger charge is 2.33. The van der Waals surface area contributed by atoms with Gasteiger partial charge in [-0.15, -0.1) is 0 Å². The van der Waals surface area contributed by atoms with Crippen molar-refractivity contribution in [3.63, 3.8) is 0 Å². The van der Waals surface area contributed by atoms with Crippen molar-refractivity contribution in [3.8, 4) is 0 Å². The van der Waals surface area contributed by atoms with Crippen molar-refractivity contribution in [2.45, 2.75) is 38.1 Å². The van der Waals surface area contributed by atoms with Gasteiger partial charge in [0.15, 0.2) is 5.90 Å². The molecule has 2 unspecified atom stereocenters. The summed E-state index contributed by atoms with van der Waals surface area (Å²) in [5, 5.41) is 3.37. The standard InChI is InChI=1S/C12H20N2O/c1-2-4-9(3-1)11-8-15-12(14-11)10-5-6-13-7-10/h9-11,13H,1-8H2. The predicted octanol–water partition coefficient (Wildman–Crippen LogP) is 1.58. The van der Waals surface area contributed by atoms with Crippen molar-refractivity contribution in [2.75, 3.05) is 19.7 Å². The molecule has 2 heterocycles. The van der Waals surface area contributed by atoms with Crippen LogP contribution in [-0.2, 0) is 4.74 Å². The topological polar surface area (TPSA) is 33.6 Å². The molecule has 1 N–H and O–H groups in total. The maximum Gasteiger partial charge on any atom is 0.188 e. The third-order valence-electron chi connectivity index (χ3n) is 4.05. The van der Waals surface area contributed by atoms with Crippen molar-refractivity contribution >= 4 is 5.90 Å². The first-order chi connectivity index (χ1) is 7.43. The largest absolute Gasteiger partial charge is 0.478 e. The lowest BCUT2D eigenvalue weighted by molar-refractivity contribution is 0.268. The monoisotopic (exact) mass is 208 g/mol. The van der Waals surface area contributed by atoms with Crippen LogP contribution < -0.4 is 5.32 Å². The molecule has 3 aliphatic rings. The normalized spacial score (nSPS) is 36.9. The van der Waals surface area contributed by atoms with E-state index in [-0.39, 0.29) is 0 Å². The second-order valence-corrected chi connectivity index (χ2v) is 5.08. The molecular formula is C12H20N2O. The number of nitrogens with one attached hydrogen (secondary N) is 1. The zero-order valence-electron chi connectivity index (χ0n) is 9.24.